The van der Waals surface area contributed by atoms with E-state index in [1.54, 1.807) is 11.8 Å². The van der Waals surface area contributed by atoms with Crippen LogP contribution < -0.4 is 5.32 Å². The summed E-state index contributed by atoms with van der Waals surface area (Å²) in [6.45, 7) is 4.18. The van der Waals surface area contributed by atoms with Crippen LogP contribution in [0.2, 0.25) is 0 Å². The number of benzene rings is 3. The van der Waals surface area contributed by atoms with E-state index in [4.69, 9.17) is 0 Å². The SMILES string of the molecule is Cc1ccc([C@H](NC(=O)CSCc2ccccc2C)c2ccccc2)cc1. The molecule has 0 aromatic heterocycles. The minimum absolute atomic E-state index is 0.0583. The molecule has 0 saturated carbocycles. The first-order valence-corrected chi connectivity index (χ1v) is 10.3. The quantitative estimate of drug-likeness (QED) is 0.595. The number of thioether (sulfide) groups is 1. The molecule has 0 aliphatic rings. The smallest absolute Gasteiger partial charge is 0.230 e. The molecule has 3 heteroatoms. The van der Waals surface area contributed by atoms with E-state index >= 15 is 0 Å². The van der Waals surface area contributed by atoms with Crippen molar-refractivity contribution in [2.24, 2.45) is 0 Å². The molecule has 1 N–H and O–H groups in total. The lowest BCUT2D eigenvalue weighted by molar-refractivity contribution is -0.119. The van der Waals surface area contributed by atoms with Crippen molar-refractivity contribution in [3.05, 3.63) is 107 Å². The predicted molar refractivity (Wildman–Crippen MR) is 115 cm³/mol. The van der Waals surface area contributed by atoms with Gasteiger partial charge in [-0.15, -0.1) is 11.8 Å². The summed E-state index contributed by atoms with van der Waals surface area (Å²) in [5.74, 6) is 1.35. The monoisotopic (exact) mass is 375 g/mol. The molecule has 0 saturated heterocycles. The number of nitrogens with one attached hydrogen (secondary N) is 1. The van der Waals surface area contributed by atoms with Gasteiger partial charge in [0, 0.05) is 5.75 Å². The van der Waals surface area contributed by atoms with Gasteiger partial charge in [0.05, 0.1) is 11.8 Å². The van der Waals surface area contributed by atoms with E-state index in [2.05, 4.69) is 67.7 Å². The Balaban J connectivity index is 1.66. The van der Waals surface area contributed by atoms with Crippen LogP contribution in [0.4, 0.5) is 0 Å². The highest BCUT2D eigenvalue weighted by Crippen LogP contribution is 2.23. The van der Waals surface area contributed by atoms with Crippen LogP contribution in [0.15, 0.2) is 78.9 Å². The number of rotatable bonds is 7. The fraction of sp³-hybridized carbons (Fsp3) is 0.208. The van der Waals surface area contributed by atoms with Gasteiger partial charge in [-0.3, -0.25) is 4.79 Å². The average Bonchev–Trinajstić information content (AvgIpc) is 2.69. The maximum Gasteiger partial charge on any atom is 0.230 e. The number of carbonyl (C=O) groups excluding carboxylic acids is 1. The zero-order chi connectivity index (χ0) is 19.1. The lowest BCUT2D eigenvalue weighted by Gasteiger charge is -2.20. The Labute approximate surface area is 166 Å². The highest BCUT2D eigenvalue weighted by molar-refractivity contribution is 7.99. The van der Waals surface area contributed by atoms with Crippen LogP contribution in [0, 0.1) is 13.8 Å². The van der Waals surface area contributed by atoms with Crippen LogP contribution in [-0.4, -0.2) is 11.7 Å². The predicted octanol–water partition coefficient (Wildman–Crippen LogP) is 5.44. The van der Waals surface area contributed by atoms with Gasteiger partial charge in [0.1, 0.15) is 0 Å². The Bertz CT molecular complexity index is 874. The summed E-state index contributed by atoms with van der Waals surface area (Å²) >= 11 is 1.65. The standard InChI is InChI=1S/C24H25NOS/c1-18-12-14-21(15-13-18)24(20-9-4-3-5-10-20)25-23(26)17-27-16-22-11-7-6-8-19(22)2/h3-15,24H,16-17H2,1-2H3,(H,25,26)/t24-/m1/s1. The van der Waals surface area contributed by atoms with Gasteiger partial charge in [0.15, 0.2) is 0 Å². The Kier molecular flexibility index (Phi) is 6.72. The Morgan fingerprint density at radius 2 is 1.48 bits per heavy atom. The summed E-state index contributed by atoms with van der Waals surface area (Å²) in [7, 11) is 0. The molecule has 138 valence electrons. The number of hydrogen-bond acceptors (Lipinski definition) is 2. The van der Waals surface area contributed by atoms with Gasteiger partial charge in [0.25, 0.3) is 0 Å². The van der Waals surface area contributed by atoms with E-state index in [1.165, 1.54) is 16.7 Å². The normalized spacial score (nSPS) is 11.8. The second-order valence-electron chi connectivity index (χ2n) is 6.74. The molecule has 1 atom stereocenters. The first-order chi connectivity index (χ1) is 13.1. The highest BCUT2D eigenvalue weighted by Gasteiger charge is 2.16. The van der Waals surface area contributed by atoms with Crippen molar-refractivity contribution in [3.63, 3.8) is 0 Å². The summed E-state index contributed by atoms with van der Waals surface area (Å²) in [6, 6.07) is 26.7. The third-order valence-corrected chi connectivity index (χ3v) is 5.58. The van der Waals surface area contributed by atoms with E-state index in [9.17, 15) is 4.79 Å². The summed E-state index contributed by atoms with van der Waals surface area (Å²) in [5.41, 5.74) is 5.97. The van der Waals surface area contributed by atoms with Crippen LogP contribution in [-0.2, 0) is 10.5 Å². The van der Waals surface area contributed by atoms with Crippen molar-refractivity contribution >= 4 is 17.7 Å². The summed E-state index contributed by atoms with van der Waals surface area (Å²) in [5, 5.41) is 3.21. The molecule has 0 aliphatic carbocycles. The molecule has 0 heterocycles. The van der Waals surface area contributed by atoms with Gasteiger partial charge in [-0.1, -0.05) is 84.4 Å². The lowest BCUT2D eigenvalue weighted by Crippen LogP contribution is -2.30. The minimum Gasteiger partial charge on any atom is -0.344 e. The fourth-order valence-corrected chi connectivity index (χ4v) is 3.91. The maximum atomic E-state index is 12.6. The van der Waals surface area contributed by atoms with E-state index in [0.717, 1.165) is 16.9 Å². The Hall–Kier alpha value is -2.52. The van der Waals surface area contributed by atoms with E-state index < -0.39 is 0 Å². The van der Waals surface area contributed by atoms with Crippen LogP contribution in [0.25, 0.3) is 0 Å². The molecule has 0 spiro atoms. The molecule has 0 bridgehead atoms. The third kappa shape index (κ3) is 5.48. The first kappa shape index (κ1) is 19.2. The molecular formula is C24H25NOS. The molecule has 0 fully saturated rings. The number of amides is 1. The number of aryl methyl sites for hydroxylation is 2. The summed E-state index contributed by atoms with van der Waals surface area (Å²) in [4.78, 5) is 12.6. The average molecular weight is 376 g/mol. The maximum absolute atomic E-state index is 12.6. The van der Waals surface area contributed by atoms with Gasteiger partial charge in [-0.2, -0.15) is 0 Å². The van der Waals surface area contributed by atoms with Crippen molar-refractivity contribution in [1.82, 2.24) is 5.32 Å². The molecule has 27 heavy (non-hydrogen) atoms. The number of carbonyl (C=O) groups is 1. The minimum atomic E-state index is -0.127. The van der Waals surface area contributed by atoms with E-state index in [0.29, 0.717) is 5.75 Å². The second-order valence-corrected chi connectivity index (χ2v) is 7.73. The third-order valence-electron chi connectivity index (χ3n) is 4.60. The van der Waals surface area contributed by atoms with Gasteiger partial charge < -0.3 is 5.32 Å². The molecule has 0 unspecified atom stereocenters. The lowest BCUT2D eigenvalue weighted by atomic mass is 9.98. The molecule has 2 nitrogen and oxygen atoms in total. The van der Waals surface area contributed by atoms with E-state index in [1.807, 2.05) is 30.3 Å². The number of hydrogen-bond donors (Lipinski definition) is 1. The van der Waals surface area contributed by atoms with Gasteiger partial charge in [-0.25, -0.2) is 0 Å². The Morgan fingerprint density at radius 1 is 0.852 bits per heavy atom. The van der Waals surface area contributed by atoms with Crippen molar-refractivity contribution < 1.29 is 4.79 Å². The fourth-order valence-electron chi connectivity index (χ4n) is 2.99. The molecule has 1 amide bonds. The zero-order valence-electron chi connectivity index (χ0n) is 15.8. The summed E-state index contributed by atoms with van der Waals surface area (Å²) < 4.78 is 0. The second kappa shape index (κ2) is 9.43. The molecule has 0 aliphatic heterocycles. The van der Waals surface area contributed by atoms with E-state index in [-0.39, 0.29) is 11.9 Å². The van der Waals surface area contributed by atoms with Crippen molar-refractivity contribution in [1.29, 1.82) is 0 Å². The zero-order valence-corrected chi connectivity index (χ0v) is 16.6. The highest BCUT2D eigenvalue weighted by atomic mass is 32.2. The van der Waals surface area contributed by atoms with Crippen molar-refractivity contribution in [2.75, 3.05) is 5.75 Å². The van der Waals surface area contributed by atoms with Gasteiger partial charge >= 0.3 is 0 Å². The molecule has 3 rings (SSSR count). The van der Waals surface area contributed by atoms with Crippen LogP contribution in [0.3, 0.4) is 0 Å². The molecular weight excluding hydrogens is 350 g/mol. The first-order valence-electron chi connectivity index (χ1n) is 9.16. The Morgan fingerprint density at radius 3 is 2.19 bits per heavy atom. The van der Waals surface area contributed by atoms with Crippen molar-refractivity contribution in [2.45, 2.75) is 25.6 Å². The van der Waals surface area contributed by atoms with Gasteiger partial charge in [-0.05, 0) is 36.1 Å². The van der Waals surface area contributed by atoms with Gasteiger partial charge in [0.2, 0.25) is 5.91 Å². The van der Waals surface area contributed by atoms with Crippen LogP contribution in [0.1, 0.15) is 33.9 Å². The topological polar surface area (TPSA) is 29.1 Å². The van der Waals surface area contributed by atoms with Crippen LogP contribution >= 0.6 is 11.8 Å². The molecule has 3 aromatic rings. The van der Waals surface area contributed by atoms with Crippen LogP contribution in [0.5, 0.6) is 0 Å². The van der Waals surface area contributed by atoms with Crippen molar-refractivity contribution in [3.8, 4) is 0 Å². The molecule has 3 aromatic carbocycles. The largest absolute Gasteiger partial charge is 0.344 e. The molecule has 0 radical (unpaired) electrons. The summed E-state index contributed by atoms with van der Waals surface area (Å²) in [6.07, 6.45) is 0.